The van der Waals surface area contributed by atoms with Crippen molar-refractivity contribution in [1.29, 1.82) is 0 Å². The number of ether oxygens (including phenoxy) is 1. The molecule has 1 aromatic carbocycles. The molecule has 7 nitrogen and oxygen atoms in total. The highest BCUT2D eigenvalue weighted by molar-refractivity contribution is 7.88. The van der Waals surface area contributed by atoms with Gasteiger partial charge in [0.15, 0.2) is 0 Å². The lowest BCUT2D eigenvalue weighted by Gasteiger charge is -2.46. The van der Waals surface area contributed by atoms with Gasteiger partial charge in [-0.25, -0.2) is 8.42 Å². The molecule has 0 N–H and O–H groups in total. The van der Waals surface area contributed by atoms with Crippen LogP contribution in [0.4, 0.5) is 0 Å². The quantitative estimate of drug-likeness (QED) is 0.459. The lowest BCUT2D eigenvalue weighted by atomic mass is 9.68. The van der Waals surface area contributed by atoms with Gasteiger partial charge in [-0.1, -0.05) is 36.4 Å². The predicted octanol–water partition coefficient (Wildman–Crippen LogP) is 2.99. The molecular formula is C24H29NO6S. The van der Waals surface area contributed by atoms with E-state index in [-0.39, 0.29) is 30.3 Å². The normalized spacial score (nSPS) is 25.3. The van der Waals surface area contributed by atoms with Crippen LogP contribution in [0.3, 0.4) is 0 Å². The maximum Gasteiger partial charge on any atom is 0.312 e. The molecule has 0 aromatic heterocycles. The maximum atomic E-state index is 12.8. The smallest absolute Gasteiger partial charge is 0.312 e. The second kappa shape index (κ2) is 9.40. The van der Waals surface area contributed by atoms with E-state index >= 15 is 0 Å². The third-order valence-corrected chi connectivity index (χ3v) is 7.30. The number of carbonyl (C=O) groups excluding carboxylic acids is 3. The van der Waals surface area contributed by atoms with Gasteiger partial charge >= 0.3 is 5.97 Å². The molecule has 8 heteroatoms. The van der Waals surface area contributed by atoms with E-state index in [1.165, 1.54) is 25.3 Å². The molecule has 0 saturated carbocycles. The minimum Gasteiger partial charge on any atom is -0.469 e. The number of methoxy groups -OCH3 is 1. The van der Waals surface area contributed by atoms with Crippen LogP contribution >= 0.6 is 0 Å². The van der Waals surface area contributed by atoms with Gasteiger partial charge < -0.3 is 9.53 Å². The molecule has 4 atom stereocenters. The summed E-state index contributed by atoms with van der Waals surface area (Å²) in [5, 5.41) is 0. The number of ketones is 2. The molecule has 1 unspecified atom stereocenters. The number of nitrogens with zero attached hydrogens (tertiary/aromatic N) is 1. The van der Waals surface area contributed by atoms with Crippen LogP contribution in [0, 0.1) is 11.8 Å². The molecule has 2 aliphatic rings. The number of hydrogen-bond donors (Lipinski definition) is 0. The van der Waals surface area contributed by atoms with Crippen molar-refractivity contribution >= 4 is 27.6 Å². The van der Waals surface area contributed by atoms with E-state index in [0.29, 0.717) is 12.0 Å². The van der Waals surface area contributed by atoms with Crippen LogP contribution in [0.5, 0.6) is 0 Å². The number of hydrogen-bond acceptors (Lipinski definition) is 6. The summed E-state index contributed by atoms with van der Waals surface area (Å²) in [6, 6.07) is 8.81. The molecule has 1 aliphatic carbocycles. The maximum absolute atomic E-state index is 12.8. The number of benzene rings is 1. The molecule has 1 heterocycles. The van der Waals surface area contributed by atoms with Crippen molar-refractivity contribution in [3.63, 3.8) is 0 Å². The van der Waals surface area contributed by atoms with Gasteiger partial charge in [-0.3, -0.25) is 13.9 Å². The van der Waals surface area contributed by atoms with Gasteiger partial charge in [-0.15, -0.1) is 0 Å². The Labute approximate surface area is 189 Å². The first-order valence-corrected chi connectivity index (χ1v) is 12.4. The number of carbonyl (C=O) groups is 3. The average Bonchev–Trinajstić information content (AvgIpc) is 2.75. The molecule has 0 radical (unpaired) electrons. The molecule has 0 saturated heterocycles. The Hall–Kier alpha value is -2.74. The number of allylic oxidation sites excluding steroid dienone is 1. The van der Waals surface area contributed by atoms with Crippen molar-refractivity contribution < 1.29 is 27.5 Å². The minimum atomic E-state index is -3.72. The summed E-state index contributed by atoms with van der Waals surface area (Å²) in [5.41, 5.74) is 2.36. The van der Waals surface area contributed by atoms with Crippen LogP contribution < -0.4 is 0 Å². The summed E-state index contributed by atoms with van der Waals surface area (Å²) in [6.07, 6.45) is 5.29. The third-order valence-electron chi connectivity index (χ3n) is 6.20. The minimum absolute atomic E-state index is 0.00239. The zero-order valence-electron chi connectivity index (χ0n) is 18.8. The van der Waals surface area contributed by atoms with Crippen molar-refractivity contribution in [2.45, 2.75) is 45.1 Å². The predicted molar refractivity (Wildman–Crippen MR) is 120 cm³/mol. The van der Waals surface area contributed by atoms with E-state index in [9.17, 15) is 22.8 Å². The van der Waals surface area contributed by atoms with Crippen LogP contribution in [-0.2, 0) is 29.1 Å². The summed E-state index contributed by atoms with van der Waals surface area (Å²) in [5.74, 6) is -2.33. The number of rotatable bonds is 7. The first-order chi connectivity index (χ1) is 15.0. The Morgan fingerprint density at radius 1 is 1.12 bits per heavy atom. The first-order valence-electron chi connectivity index (χ1n) is 10.6. The molecule has 32 heavy (non-hydrogen) atoms. The molecule has 1 aliphatic heterocycles. The van der Waals surface area contributed by atoms with Gasteiger partial charge in [0.05, 0.1) is 25.3 Å². The first kappa shape index (κ1) is 23.9. The number of fused-ring (bicyclic) bond motifs is 1. The van der Waals surface area contributed by atoms with E-state index in [1.807, 2.05) is 30.3 Å². The second-order valence-corrected chi connectivity index (χ2v) is 10.4. The molecule has 172 valence electrons. The van der Waals surface area contributed by atoms with E-state index in [2.05, 4.69) is 0 Å². The number of esters is 1. The summed E-state index contributed by atoms with van der Waals surface area (Å²) < 4.78 is 31.8. The molecule has 0 bridgehead atoms. The van der Waals surface area contributed by atoms with Gasteiger partial charge in [0.1, 0.15) is 11.6 Å². The van der Waals surface area contributed by atoms with Gasteiger partial charge in [0.2, 0.25) is 10.0 Å². The summed E-state index contributed by atoms with van der Waals surface area (Å²) in [4.78, 5) is 36.8. The van der Waals surface area contributed by atoms with Gasteiger partial charge in [-0.2, -0.15) is 0 Å². The molecule has 3 rings (SSSR count). The van der Waals surface area contributed by atoms with E-state index in [0.717, 1.165) is 17.4 Å². The summed E-state index contributed by atoms with van der Waals surface area (Å²) >= 11 is 0. The van der Waals surface area contributed by atoms with Crippen molar-refractivity contribution in [3.05, 3.63) is 59.3 Å². The Kier molecular flexibility index (Phi) is 7.03. The van der Waals surface area contributed by atoms with E-state index in [1.54, 1.807) is 12.3 Å². The number of Topliss-reactive ketones (excluding diaryl/α,β-unsaturated/α-hetero) is 2. The Bertz CT molecular complexity index is 1070. The number of sulfonamides is 1. The second-order valence-electron chi connectivity index (χ2n) is 8.54. The van der Waals surface area contributed by atoms with Crippen LogP contribution in [0.25, 0.3) is 0 Å². The fourth-order valence-electron chi connectivity index (χ4n) is 4.74. The standard InChI is InChI=1S/C24H29NO6S/c1-15(26)10-11-18-14-25(32(4,29)30)23-20(16(2)27)12-19(24(28)31-3)13-21(23)22(18)17-8-6-5-7-9-17/h5-9,13-14,19-20,22-23H,10-12H2,1-4H3/t19?,20-,22-,23+/m1/s1. The van der Waals surface area contributed by atoms with Crippen LogP contribution in [0.1, 0.15) is 44.6 Å². The summed E-state index contributed by atoms with van der Waals surface area (Å²) in [6.45, 7) is 2.92. The zero-order valence-corrected chi connectivity index (χ0v) is 19.6. The third kappa shape index (κ3) is 4.85. The SMILES string of the molecule is COC(=O)C1C=C2[C@H](c3ccccc3)C(CCC(C)=O)=CN(S(C)(=O)=O)[C@H]2[C@@H](C(C)=O)C1. The summed E-state index contributed by atoms with van der Waals surface area (Å²) in [7, 11) is -2.42. The topological polar surface area (TPSA) is 97.8 Å². The van der Waals surface area contributed by atoms with Crippen molar-refractivity contribution in [2.24, 2.45) is 11.8 Å². The Balaban J connectivity index is 2.28. The molecular weight excluding hydrogens is 430 g/mol. The van der Waals surface area contributed by atoms with Crippen molar-refractivity contribution in [1.82, 2.24) is 4.31 Å². The molecule has 1 aromatic rings. The van der Waals surface area contributed by atoms with Gasteiger partial charge in [-0.05, 0) is 43.4 Å². The fraction of sp³-hybridized carbons (Fsp3) is 0.458. The van der Waals surface area contributed by atoms with E-state index < -0.39 is 33.9 Å². The van der Waals surface area contributed by atoms with Crippen LogP contribution in [-0.4, -0.2) is 49.7 Å². The van der Waals surface area contributed by atoms with E-state index in [4.69, 9.17) is 4.74 Å². The van der Waals surface area contributed by atoms with Crippen LogP contribution in [0.2, 0.25) is 0 Å². The van der Waals surface area contributed by atoms with Crippen LogP contribution in [0.15, 0.2) is 53.8 Å². The Morgan fingerprint density at radius 2 is 1.78 bits per heavy atom. The molecule has 0 spiro atoms. The van der Waals surface area contributed by atoms with Gasteiger partial charge in [0.25, 0.3) is 0 Å². The largest absolute Gasteiger partial charge is 0.469 e. The highest BCUT2D eigenvalue weighted by atomic mass is 32.2. The highest BCUT2D eigenvalue weighted by Crippen LogP contribution is 2.48. The van der Waals surface area contributed by atoms with Gasteiger partial charge in [0, 0.05) is 24.5 Å². The lowest BCUT2D eigenvalue weighted by molar-refractivity contribution is -0.144. The Morgan fingerprint density at radius 3 is 2.31 bits per heavy atom. The lowest BCUT2D eigenvalue weighted by Crippen LogP contribution is -2.51. The van der Waals surface area contributed by atoms with Crippen molar-refractivity contribution in [3.8, 4) is 0 Å². The highest BCUT2D eigenvalue weighted by Gasteiger charge is 2.47. The molecule has 0 amide bonds. The zero-order chi connectivity index (χ0) is 23.6. The van der Waals surface area contributed by atoms with Crippen molar-refractivity contribution in [2.75, 3.05) is 13.4 Å². The molecule has 0 fully saturated rings. The average molecular weight is 460 g/mol. The fourth-order valence-corrected chi connectivity index (χ4v) is 5.75. The monoisotopic (exact) mass is 459 g/mol.